The number of Topliss-reactive ketones (excluding diaryl/α,β-unsaturated/α-hetero) is 1. The van der Waals surface area contributed by atoms with E-state index in [1.165, 1.54) is 12.0 Å². The molecule has 8 heteroatoms. The van der Waals surface area contributed by atoms with Gasteiger partial charge in [0, 0.05) is 24.1 Å². The van der Waals surface area contributed by atoms with E-state index in [9.17, 15) is 9.59 Å². The maximum absolute atomic E-state index is 13.1. The van der Waals surface area contributed by atoms with Crippen molar-refractivity contribution in [2.45, 2.75) is 19.8 Å². The highest BCUT2D eigenvalue weighted by Gasteiger charge is 2.32. The Labute approximate surface area is 180 Å². The second kappa shape index (κ2) is 10.2. The Hall–Kier alpha value is -2.97. The summed E-state index contributed by atoms with van der Waals surface area (Å²) in [5, 5.41) is 5.85. The number of anilines is 2. The molecular weight excluding hydrogens is 400 g/mol. The van der Waals surface area contributed by atoms with Gasteiger partial charge in [-0.1, -0.05) is 24.3 Å². The van der Waals surface area contributed by atoms with Crippen LogP contribution in [-0.4, -0.2) is 30.0 Å². The van der Waals surface area contributed by atoms with Crippen molar-refractivity contribution in [1.29, 1.82) is 0 Å². The van der Waals surface area contributed by atoms with E-state index in [1.807, 2.05) is 49.6 Å². The third kappa shape index (κ3) is 4.95. The second-order valence-electron chi connectivity index (χ2n) is 6.97. The number of amides is 1. The van der Waals surface area contributed by atoms with Gasteiger partial charge in [-0.05, 0) is 55.1 Å². The maximum Gasteiger partial charge on any atom is 0.212 e. The third-order valence-corrected chi connectivity index (χ3v) is 5.30. The number of fused-ring (bicyclic) bond motifs is 1. The topological polar surface area (TPSA) is 109 Å². The van der Waals surface area contributed by atoms with Gasteiger partial charge in [0.25, 0.3) is 0 Å². The quantitative estimate of drug-likeness (QED) is 0.276. The summed E-state index contributed by atoms with van der Waals surface area (Å²) in [6, 6.07) is 9.69. The lowest BCUT2D eigenvalue weighted by Crippen LogP contribution is -2.23. The first-order chi connectivity index (χ1) is 14.6. The summed E-state index contributed by atoms with van der Waals surface area (Å²) in [5.74, 6) is 0.416. The Bertz CT molecular complexity index is 966. The van der Waals surface area contributed by atoms with Crippen LogP contribution in [-0.2, 0) is 15.4 Å². The number of hydrogen-bond acceptors (Lipinski definition) is 6. The van der Waals surface area contributed by atoms with E-state index in [1.54, 1.807) is 6.08 Å². The highest BCUT2D eigenvalue weighted by atomic mass is 32.2. The normalized spacial score (nSPS) is 16.9. The summed E-state index contributed by atoms with van der Waals surface area (Å²) < 4.78 is 5.47. The van der Waals surface area contributed by atoms with Gasteiger partial charge in [0.05, 0.1) is 23.6 Å². The van der Waals surface area contributed by atoms with E-state index in [4.69, 9.17) is 9.92 Å². The molecular formula is C22H26N4O3S. The molecule has 1 heterocycles. The monoisotopic (exact) mass is 426 g/mol. The average molecular weight is 427 g/mol. The van der Waals surface area contributed by atoms with Crippen LogP contribution < -0.4 is 16.4 Å². The number of carbonyl (C=O) groups is 2. The van der Waals surface area contributed by atoms with Crippen molar-refractivity contribution >= 4 is 41.2 Å². The molecule has 1 atom stereocenters. The molecule has 1 unspecified atom stereocenters. The molecule has 2 aromatic rings. The van der Waals surface area contributed by atoms with Crippen LogP contribution in [0.2, 0.25) is 0 Å². The molecule has 30 heavy (non-hydrogen) atoms. The minimum atomic E-state index is 0.0744. The number of nitrogens with one attached hydrogen (secondary N) is 3. The Kier molecular flexibility index (Phi) is 7.37. The van der Waals surface area contributed by atoms with E-state index in [0.717, 1.165) is 22.6 Å². The smallest absolute Gasteiger partial charge is 0.212 e. The first kappa shape index (κ1) is 21.7. The van der Waals surface area contributed by atoms with Gasteiger partial charge in [-0.2, -0.15) is 0 Å². The van der Waals surface area contributed by atoms with Crippen molar-refractivity contribution < 1.29 is 13.8 Å². The number of allylic oxidation sites excluding steroid dienone is 3. The van der Waals surface area contributed by atoms with E-state index < -0.39 is 0 Å². The van der Waals surface area contributed by atoms with Crippen LogP contribution in [0.3, 0.4) is 0 Å². The number of aromatic nitrogens is 1. The molecule has 0 aliphatic heterocycles. The second-order valence-corrected chi connectivity index (χ2v) is 7.54. The lowest BCUT2D eigenvalue weighted by molar-refractivity contribution is -0.108. The first-order valence-corrected chi connectivity index (χ1v) is 10.8. The fourth-order valence-electron chi connectivity index (χ4n) is 3.60. The van der Waals surface area contributed by atoms with E-state index in [2.05, 4.69) is 15.6 Å². The van der Waals surface area contributed by atoms with Crippen molar-refractivity contribution in [1.82, 2.24) is 10.3 Å². The first-order valence-electron chi connectivity index (χ1n) is 9.67. The molecule has 5 N–H and O–H groups in total. The molecule has 0 bridgehead atoms. The molecule has 0 saturated carbocycles. The van der Waals surface area contributed by atoms with Crippen molar-refractivity contribution in [3.05, 3.63) is 65.3 Å². The summed E-state index contributed by atoms with van der Waals surface area (Å²) in [6.07, 6.45) is 7.10. The Morgan fingerprint density at radius 1 is 1.33 bits per heavy atom. The van der Waals surface area contributed by atoms with Crippen molar-refractivity contribution in [2.75, 3.05) is 18.2 Å². The zero-order valence-corrected chi connectivity index (χ0v) is 17.8. The summed E-state index contributed by atoms with van der Waals surface area (Å²) in [4.78, 5) is 27.2. The van der Waals surface area contributed by atoms with Gasteiger partial charge in [-0.3, -0.25) is 9.59 Å². The number of rotatable bonds is 9. The number of hydrogen-bond donors (Lipinski definition) is 4. The zero-order valence-electron chi connectivity index (χ0n) is 17.0. The molecule has 0 fully saturated rings. The van der Waals surface area contributed by atoms with Crippen LogP contribution >= 0.6 is 12.0 Å². The van der Waals surface area contributed by atoms with Gasteiger partial charge >= 0.3 is 0 Å². The molecule has 3 rings (SSSR count). The molecule has 1 aliphatic rings. The summed E-state index contributed by atoms with van der Waals surface area (Å²) in [5.41, 5.74) is 10.5. The highest BCUT2D eigenvalue weighted by Crippen LogP contribution is 2.38. The van der Waals surface area contributed by atoms with Crippen LogP contribution in [0.1, 0.15) is 35.1 Å². The fourth-order valence-corrected chi connectivity index (χ4v) is 3.93. The summed E-state index contributed by atoms with van der Waals surface area (Å²) >= 11 is 1.31. The van der Waals surface area contributed by atoms with Crippen LogP contribution in [0.25, 0.3) is 5.57 Å². The van der Waals surface area contributed by atoms with Gasteiger partial charge < -0.3 is 25.5 Å². The lowest BCUT2D eigenvalue weighted by atomic mass is 9.86. The minimum Gasteiger partial charge on any atom is -0.385 e. The van der Waals surface area contributed by atoms with Crippen molar-refractivity contribution in [3.63, 3.8) is 0 Å². The number of para-hydroxylation sites is 1. The number of nitrogens with two attached hydrogens (primary N) is 1. The number of benzene rings is 1. The molecule has 0 radical (unpaired) electrons. The Morgan fingerprint density at radius 2 is 2.10 bits per heavy atom. The fraction of sp³-hybridized carbons (Fsp3) is 0.273. The molecule has 1 aromatic heterocycles. The van der Waals surface area contributed by atoms with Crippen LogP contribution in [0.5, 0.6) is 0 Å². The van der Waals surface area contributed by atoms with Gasteiger partial charge in [-0.15, -0.1) is 0 Å². The predicted octanol–water partition coefficient (Wildman–Crippen LogP) is 3.75. The van der Waals surface area contributed by atoms with Crippen LogP contribution in [0.4, 0.5) is 11.4 Å². The van der Waals surface area contributed by atoms with E-state index in [-0.39, 0.29) is 17.5 Å². The Balaban J connectivity index is 2.06. The molecule has 1 amide bonds. The summed E-state index contributed by atoms with van der Waals surface area (Å²) in [7, 11) is 0. The lowest BCUT2D eigenvalue weighted by Gasteiger charge is -2.21. The molecule has 158 valence electrons. The average Bonchev–Trinajstić information content (AvgIpc) is 3.10. The minimum absolute atomic E-state index is 0.0744. The van der Waals surface area contributed by atoms with Gasteiger partial charge in [-0.25, -0.2) is 0 Å². The van der Waals surface area contributed by atoms with Crippen LogP contribution in [0, 0.1) is 5.92 Å². The summed E-state index contributed by atoms with van der Waals surface area (Å²) in [6.45, 7) is 2.40. The molecule has 1 aromatic carbocycles. The van der Waals surface area contributed by atoms with Crippen molar-refractivity contribution in [3.8, 4) is 0 Å². The third-order valence-electron chi connectivity index (χ3n) is 4.92. The van der Waals surface area contributed by atoms with Gasteiger partial charge in [0.2, 0.25) is 6.41 Å². The number of ketones is 1. The Morgan fingerprint density at radius 3 is 2.77 bits per heavy atom. The molecule has 7 nitrogen and oxygen atoms in total. The standard InChI is InChI=1S/C22H26N4O3S/c1-3-15(11-19(23)24-13-27)21-22(25-16-7-5-4-6-8-16)20-17(26-21)9-14(10-18(20)28)12-29-30-2/h3-8,11,13-14,25-26H,9-10,12,23H2,1-2H3,(H,24,27)/b15-3+,19-11+. The maximum atomic E-state index is 13.1. The predicted molar refractivity (Wildman–Crippen MR) is 121 cm³/mol. The SMILES string of the molecule is C/C=C(\C=C(/N)NC=O)c1[nH]c2c(c1Nc1ccccc1)C(=O)CC(COSC)C2. The van der Waals surface area contributed by atoms with E-state index in [0.29, 0.717) is 37.1 Å². The molecule has 0 spiro atoms. The van der Waals surface area contributed by atoms with Gasteiger partial charge in [0.1, 0.15) is 5.82 Å². The zero-order chi connectivity index (χ0) is 21.5. The molecule has 1 aliphatic carbocycles. The highest BCUT2D eigenvalue weighted by molar-refractivity contribution is 7.93. The largest absolute Gasteiger partial charge is 0.385 e. The van der Waals surface area contributed by atoms with Crippen LogP contribution in [0.15, 0.2) is 48.3 Å². The van der Waals surface area contributed by atoms with E-state index >= 15 is 0 Å². The number of aromatic amines is 1. The molecule has 0 saturated heterocycles. The van der Waals surface area contributed by atoms with Crippen molar-refractivity contribution in [2.24, 2.45) is 11.7 Å². The number of H-pyrrole nitrogens is 1. The van der Waals surface area contributed by atoms with Gasteiger partial charge in [0.15, 0.2) is 5.78 Å². The number of carbonyl (C=O) groups excluding carboxylic acids is 2.